The van der Waals surface area contributed by atoms with Crippen molar-refractivity contribution in [2.75, 3.05) is 32.8 Å². The first-order valence-corrected chi connectivity index (χ1v) is 27.3. The summed E-state index contributed by atoms with van der Waals surface area (Å²) in [6.07, 6.45) is 1.51. The Hall–Kier alpha value is -8.98. The highest BCUT2D eigenvalue weighted by Gasteiger charge is 2.39. The number of rotatable bonds is 35. The third kappa shape index (κ3) is 23.6. The van der Waals surface area contributed by atoms with Crippen LogP contribution in [0.5, 0.6) is 0 Å². The molecule has 0 radical (unpaired) electrons. The van der Waals surface area contributed by atoms with Gasteiger partial charge in [-0.3, -0.25) is 57.7 Å². The predicted octanol–water partition coefficient (Wildman–Crippen LogP) is -2.64. The summed E-state index contributed by atoms with van der Waals surface area (Å²) in [4.78, 5) is 152. The van der Waals surface area contributed by atoms with Crippen LogP contribution in [0.4, 0.5) is 0 Å². The number of nitrogens with two attached hydrogens (primary N) is 3. The number of carbonyl (C=O) groups is 11. The molecular weight excluding hydrogens is 1080 g/mol. The second kappa shape index (κ2) is 35.0. The maximum absolute atomic E-state index is 14.5. The lowest BCUT2D eigenvalue weighted by Gasteiger charge is -2.30. The molecule has 450 valence electrons. The van der Waals surface area contributed by atoms with Gasteiger partial charge in [-0.25, -0.2) is 0 Å². The normalized spacial score (nSPS) is 15.2. The molecule has 8 atom stereocenters. The van der Waals surface area contributed by atoms with Gasteiger partial charge in [0.05, 0.1) is 19.6 Å². The zero-order valence-electron chi connectivity index (χ0n) is 46.3. The van der Waals surface area contributed by atoms with Crippen LogP contribution in [0.25, 0.3) is 0 Å². The smallest absolute Gasteiger partial charge is 0.325 e. The fraction of sp³-hybridized carbons (Fsp3) is 0.464. The second-order valence-corrected chi connectivity index (χ2v) is 19.9. The second-order valence-electron chi connectivity index (χ2n) is 19.9. The standard InChI is InChI=1S/C56H77N13O14/c1-34(55(82)83)62-49(76)40(29-36-18-8-3-9-19-36)66-48(75)38(22-14-26-60-56(58)59)65-51(78)41(31-47(73)74)67-52(79)43(33-70)64-46(72)32-61-53(80)44-23-15-27-69(44)54(81)42(30-37-20-10-4-11-21-37)68-50(77)39(28-35-16-6-2-7-17-35)63-45(71)24-12-5-13-25-57/h2-4,6-11,16-21,34,38-44,70H,5,12-15,22-33,57H2,1H3,(H,61,80)(H,62,76)(H,63,71)(H,64,72)(H,65,78)(H,66,75)(H,67,79)(H,68,77)(H,73,74)(H,82,83)(H4,58,59,60)/t34-,38-,39-,40-,41-,42-,43-,44-/m0/s1. The lowest BCUT2D eigenvalue weighted by Crippen LogP contribution is -2.60. The minimum Gasteiger partial charge on any atom is -0.481 e. The minimum atomic E-state index is -1.94. The van der Waals surface area contributed by atoms with Gasteiger partial charge in [0.25, 0.3) is 0 Å². The van der Waals surface area contributed by atoms with Crippen molar-refractivity contribution in [3.8, 4) is 0 Å². The Morgan fingerprint density at radius 1 is 0.590 bits per heavy atom. The molecule has 0 aromatic heterocycles. The molecule has 1 aliphatic rings. The maximum Gasteiger partial charge on any atom is 0.325 e. The highest BCUT2D eigenvalue weighted by molar-refractivity contribution is 5.99. The molecule has 9 amide bonds. The van der Waals surface area contributed by atoms with Gasteiger partial charge in [0.1, 0.15) is 48.3 Å². The number of carbonyl (C=O) groups excluding carboxylic acids is 9. The van der Waals surface area contributed by atoms with E-state index in [1.807, 2.05) is 6.07 Å². The Balaban J connectivity index is 1.45. The molecule has 0 bridgehead atoms. The summed E-state index contributed by atoms with van der Waals surface area (Å²) >= 11 is 0. The number of benzene rings is 3. The van der Waals surface area contributed by atoms with Gasteiger partial charge in [-0.15, -0.1) is 0 Å². The van der Waals surface area contributed by atoms with Gasteiger partial charge in [0.2, 0.25) is 53.2 Å². The average molecular weight is 1160 g/mol. The molecule has 0 unspecified atom stereocenters. The van der Waals surface area contributed by atoms with Gasteiger partial charge in [0, 0.05) is 38.8 Å². The van der Waals surface area contributed by atoms with Crippen molar-refractivity contribution in [2.45, 2.75) is 132 Å². The lowest BCUT2D eigenvalue weighted by atomic mass is 10.0. The Labute approximate surface area is 480 Å². The Morgan fingerprint density at radius 2 is 1.07 bits per heavy atom. The molecule has 1 aliphatic heterocycles. The topological polar surface area (TPSA) is 438 Å². The highest BCUT2D eigenvalue weighted by Crippen LogP contribution is 2.20. The summed E-state index contributed by atoms with van der Waals surface area (Å²) in [6, 6.07) is 14.8. The predicted molar refractivity (Wildman–Crippen MR) is 302 cm³/mol. The number of aliphatic hydroxyl groups excluding tert-OH is 1. The molecule has 1 saturated heterocycles. The maximum atomic E-state index is 14.5. The zero-order valence-corrected chi connectivity index (χ0v) is 46.3. The number of nitrogens with zero attached hydrogens (tertiary/aromatic N) is 2. The average Bonchev–Trinajstić information content (AvgIpc) is 4.13. The molecular formula is C56H77N13O14. The molecule has 3 aromatic rings. The molecule has 0 saturated carbocycles. The number of hydrogen-bond donors (Lipinski definition) is 14. The van der Waals surface area contributed by atoms with Gasteiger partial charge < -0.3 is 80.0 Å². The van der Waals surface area contributed by atoms with Gasteiger partial charge in [0.15, 0.2) is 5.96 Å². The number of aliphatic hydroxyl groups is 1. The van der Waals surface area contributed by atoms with Crippen LogP contribution >= 0.6 is 0 Å². The first-order valence-electron chi connectivity index (χ1n) is 27.3. The number of likely N-dealkylation sites (tertiary alicyclic amines) is 1. The van der Waals surface area contributed by atoms with E-state index in [0.717, 1.165) is 18.4 Å². The Kier molecular flexibility index (Phi) is 28.1. The van der Waals surface area contributed by atoms with E-state index in [1.54, 1.807) is 84.9 Å². The third-order valence-electron chi connectivity index (χ3n) is 13.3. The molecule has 83 heavy (non-hydrogen) atoms. The van der Waals surface area contributed by atoms with Crippen molar-refractivity contribution in [1.82, 2.24) is 47.4 Å². The van der Waals surface area contributed by atoms with Crippen LogP contribution in [-0.4, -0.2) is 172 Å². The number of aliphatic imine (C=N–C) groups is 1. The summed E-state index contributed by atoms with van der Waals surface area (Å²) in [5, 5.41) is 49.1. The first-order chi connectivity index (χ1) is 39.7. The van der Waals surface area contributed by atoms with Gasteiger partial charge in [-0.2, -0.15) is 0 Å². The van der Waals surface area contributed by atoms with Gasteiger partial charge in [-0.05, 0) is 68.7 Å². The van der Waals surface area contributed by atoms with E-state index in [-0.39, 0.29) is 69.9 Å². The zero-order chi connectivity index (χ0) is 60.8. The number of carboxylic acid groups (broad SMARTS) is 2. The van der Waals surface area contributed by atoms with E-state index >= 15 is 0 Å². The summed E-state index contributed by atoms with van der Waals surface area (Å²) in [5.41, 5.74) is 18.5. The van der Waals surface area contributed by atoms with E-state index in [9.17, 15) is 68.1 Å². The van der Waals surface area contributed by atoms with E-state index in [2.05, 4.69) is 47.5 Å². The van der Waals surface area contributed by atoms with Crippen LogP contribution in [0.15, 0.2) is 96.0 Å². The summed E-state index contributed by atoms with van der Waals surface area (Å²) in [6.45, 7) is -0.109. The Bertz CT molecular complexity index is 2700. The molecule has 17 N–H and O–H groups in total. The molecule has 0 aliphatic carbocycles. The van der Waals surface area contributed by atoms with Gasteiger partial charge >= 0.3 is 11.9 Å². The minimum absolute atomic E-state index is 0.0205. The van der Waals surface area contributed by atoms with E-state index < -0.39 is 127 Å². The van der Waals surface area contributed by atoms with Crippen LogP contribution in [0.1, 0.15) is 81.4 Å². The summed E-state index contributed by atoms with van der Waals surface area (Å²) < 4.78 is 0. The molecule has 27 nitrogen and oxygen atoms in total. The lowest BCUT2D eigenvalue weighted by molar-refractivity contribution is -0.142. The molecule has 3 aromatic carbocycles. The van der Waals surface area contributed by atoms with E-state index in [1.165, 1.54) is 11.8 Å². The van der Waals surface area contributed by atoms with E-state index in [4.69, 9.17) is 17.2 Å². The highest BCUT2D eigenvalue weighted by atomic mass is 16.4. The van der Waals surface area contributed by atoms with Crippen molar-refractivity contribution in [3.05, 3.63) is 108 Å². The third-order valence-corrected chi connectivity index (χ3v) is 13.3. The van der Waals surface area contributed by atoms with Crippen molar-refractivity contribution in [1.29, 1.82) is 0 Å². The largest absolute Gasteiger partial charge is 0.481 e. The van der Waals surface area contributed by atoms with Gasteiger partial charge in [-0.1, -0.05) is 97.4 Å². The number of aliphatic carboxylic acids is 2. The molecule has 1 fully saturated rings. The van der Waals surface area contributed by atoms with Crippen LogP contribution in [-0.2, 0) is 72.0 Å². The van der Waals surface area contributed by atoms with Crippen molar-refractivity contribution in [2.24, 2.45) is 22.2 Å². The van der Waals surface area contributed by atoms with Crippen LogP contribution in [0.3, 0.4) is 0 Å². The number of hydrogen-bond acceptors (Lipinski definition) is 14. The van der Waals surface area contributed by atoms with Crippen molar-refractivity contribution in [3.63, 3.8) is 0 Å². The Morgan fingerprint density at radius 3 is 1.61 bits per heavy atom. The number of carboxylic acids is 2. The molecule has 4 rings (SSSR count). The number of guanidine groups is 1. The van der Waals surface area contributed by atoms with Crippen molar-refractivity contribution >= 4 is 71.1 Å². The van der Waals surface area contributed by atoms with Crippen LogP contribution in [0.2, 0.25) is 0 Å². The monoisotopic (exact) mass is 1160 g/mol. The quantitative estimate of drug-likeness (QED) is 0.0163. The number of unbranched alkanes of at least 4 members (excludes halogenated alkanes) is 2. The fourth-order valence-corrected chi connectivity index (χ4v) is 8.89. The summed E-state index contributed by atoms with van der Waals surface area (Å²) in [5.74, 6) is -10.9. The van der Waals surface area contributed by atoms with Crippen LogP contribution in [0, 0.1) is 0 Å². The first kappa shape index (κ1) is 66.5. The number of amides is 9. The number of nitrogens with one attached hydrogen (secondary N) is 8. The molecule has 0 spiro atoms. The molecule has 1 heterocycles. The molecule has 27 heteroatoms. The van der Waals surface area contributed by atoms with Crippen LogP contribution < -0.4 is 59.7 Å². The fourth-order valence-electron chi connectivity index (χ4n) is 8.89. The van der Waals surface area contributed by atoms with E-state index in [0.29, 0.717) is 30.5 Å². The SMILES string of the molecule is C[C@H](NC(=O)[C@H](Cc1ccccc1)NC(=O)[C@H](CCCN=C(N)N)NC(=O)[C@H](CC(=O)O)NC(=O)[C@H](CO)NC(=O)CNC(=O)[C@@H]1CCCN1C(=O)[C@H](Cc1ccccc1)NC(=O)[C@H](Cc1ccccc1)NC(=O)CCCCCN)C(=O)O. The summed E-state index contributed by atoms with van der Waals surface area (Å²) in [7, 11) is 0. The van der Waals surface area contributed by atoms with Crippen molar-refractivity contribution < 1.29 is 68.1 Å².